The maximum atomic E-state index is 12.6. The van der Waals surface area contributed by atoms with Crippen molar-refractivity contribution < 1.29 is 4.79 Å². The first-order valence-corrected chi connectivity index (χ1v) is 10.4. The van der Waals surface area contributed by atoms with Crippen LogP contribution in [0.5, 0.6) is 0 Å². The summed E-state index contributed by atoms with van der Waals surface area (Å²) in [6.07, 6.45) is 4.62. The van der Waals surface area contributed by atoms with Crippen molar-refractivity contribution in [3.05, 3.63) is 78.4 Å². The molecule has 0 spiro atoms. The van der Waals surface area contributed by atoms with Crippen molar-refractivity contribution in [3.63, 3.8) is 0 Å². The van der Waals surface area contributed by atoms with Gasteiger partial charge in [-0.15, -0.1) is 0 Å². The van der Waals surface area contributed by atoms with Crippen molar-refractivity contribution in [3.8, 4) is 11.1 Å². The number of hydrogen-bond donors (Lipinski definition) is 1. The summed E-state index contributed by atoms with van der Waals surface area (Å²) in [5, 5.41) is 3.08. The summed E-state index contributed by atoms with van der Waals surface area (Å²) in [5.41, 5.74) is 3.61. The van der Waals surface area contributed by atoms with E-state index in [1.165, 1.54) is 16.7 Å². The molecule has 1 aliphatic rings. The predicted molar refractivity (Wildman–Crippen MR) is 115 cm³/mol. The smallest absolute Gasteiger partial charge is 0.224 e. The summed E-state index contributed by atoms with van der Waals surface area (Å²) in [5.74, 6) is 1.16. The fourth-order valence-electron chi connectivity index (χ4n) is 4.00. The number of aryl methyl sites for hydroxylation is 1. The van der Waals surface area contributed by atoms with Crippen LogP contribution in [0.1, 0.15) is 18.3 Å². The van der Waals surface area contributed by atoms with Crippen molar-refractivity contribution >= 4 is 5.91 Å². The van der Waals surface area contributed by atoms with Crippen LogP contribution in [0.3, 0.4) is 0 Å². The predicted octanol–water partition coefficient (Wildman–Crippen LogP) is 3.36. The first-order chi connectivity index (χ1) is 14.2. The SMILES string of the molecule is CCn1ccnc1CN1CCNC(=O)C(Cc2ccc(-c3ccccc3)cc2)C1. The van der Waals surface area contributed by atoms with E-state index in [0.29, 0.717) is 6.54 Å². The third kappa shape index (κ3) is 4.74. The average Bonchev–Trinajstić information content (AvgIpc) is 3.13. The second kappa shape index (κ2) is 9.05. The molecule has 5 heteroatoms. The topological polar surface area (TPSA) is 50.2 Å². The zero-order chi connectivity index (χ0) is 20.1. The van der Waals surface area contributed by atoms with Gasteiger partial charge in [-0.05, 0) is 30.0 Å². The summed E-state index contributed by atoms with van der Waals surface area (Å²) in [6.45, 7) is 6.11. The van der Waals surface area contributed by atoms with Gasteiger partial charge in [-0.3, -0.25) is 9.69 Å². The number of carbonyl (C=O) groups excluding carboxylic acids is 1. The lowest BCUT2D eigenvalue weighted by molar-refractivity contribution is -0.124. The van der Waals surface area contributed by atoms with E-state index in [0.717, 1.165) is 38.4 Å². The standard InChI is InChI=1S/C24H28N4O/c1-2-28-15-13-25-23(28)18-27-14-12-26-24(29)22(17-27)16-19-8-10-21(11-9-19)20-6-4-3-5-7-20/h3-11,13,15,22H,2,12,14,16-18H2,1H3,(H,26,29). The number of amides is 1. The van der Waals surface area contributed by atoms with E-state index in [1.807, 2.05) is 18.5 Å². The minimum absolute atomic E-state index is 0.0508. The fraction of sp³-hybridized carbons (Fsp3) is 0.333. The highest BCUT2D eigenvalue weighted by Crippen LogP contribution is 2.21. The maximum Gasteiger partial charge on any atom is 0.224 e. The van der Waals surface area contributed by atoms with Crippen molar-refractivity contribution in [1.29, 1.82) is 0 Å². The molecule has 1 amide bonds. The molecule has 150 valence electrons. The minimum atomic E-state index is -0.0508. The summed E-state index contributed by atoms with van der Waals surface area (Å²) in [4.78, 5) is 19.5. The van der Waals surface area contributed by atoms with Crippen LogP contribution in [0.2, 0.25) is 0 Å². The molecule has 1 N–H and O–H groups in total. The van der Waals surface area contributed by atoms with Crippen LogP contribution in [-0.4, -0.2) is 40.0 Å². The van der Waals surface area contributed by atoms with Crippen molar-refractivity contribution in [2.45, 2.75) is 26.4 Å². The van der Waals surface area contributed by atoms with Gasteiger partial charge in [0.25, 0.3) is 0 Å². The number of nitrogens with one attached hydrogen (secondary N) is 1. The molecular formula is C24H28N4O. The molecule has 0 bridgehead atoms. The van der Waals surface area contributed by atoms with Gasteiger partial charge in [0.15, 0.2) is 0 Å². The Morgan fingerprint density at radius 1 is 1.07 bits per heavy atom. The monoisotopic (exact) mass is 388 g/mol. The third-order valence-corrected chi connectivity index (χ3v) is 5.63. The highest BCUT2D eigenvalue weighted by atomic mass is 16.1. The summed E-state index contributed by atoms with van der Waals surface area (Å²) in [6, 6.07) is 19.0. The van der Waals surface area contributed by atoms with Gasteiger partial charge in [0.1, 0.15) is 5.82 Å². The zero-order valence-corrected chi connectivity index (χ0v) is 16.9. The second-order valence-corrected chi connectivity index (χ2v) is 7.62. The number of aromatic nitrogens is 2. The van der Waals surface area contributed by atoms with E-state index in [4.69, 9.17) is 0 Å². The number of hydrogen-bond acceptors (Lipinski definition) is 3. The average molecular weight is 389 g/mol. The van der Waals surface area contributed by atoms with Crippen LogP contribution in [0, 0.1) is 5.92 Å². The second-order valence-electron chi connectivity index (χ2n) is 7.62. The van der Waals surface area contributed by atoms with Gasteiger partial charge in [-0.2, -0.15) is 0 Å². The maximum absolute atomic E-state index is 12.6. The van der Waals surface area contributed by atoms with E-state index in [1.54, 1.807) is 0 Å². The van der Waals surface area contributed by atoms with Gasteiger partial charge in [-0.25, -0.2) is 4.98 Å². The first-order valence-electron chi connectivity index (χ1n) is 10.4. The van der Waals surface area contributed by atoms with Gasteiger partial charge in [0, 0.05) is 38.6 Å². The van der Waals surface area contributed by atoms with Crippen molar-refractivity contribution in [2.24, 2.45) is 5.92 Å². The van der Waals surface area contributed by atoms with Crippen molar-refractivity contribution in [1.82, 2.24) is 19.8 Å². The Labute approximate surface area is 172 Å². The Kier molecular flexibility index (Phi) is 6.06. The molecule has 0 radical (unpaired) electrons. The number of rotatable bonds is 6. The molecule has 29 heavy (non-hydrogen) atoms. The van der Waals surface area contributed by atoms with Gasteiger partial charge < -0.3 is 9.88 Å². The molecule has 3 aromatic rings. The lowest BCUT2D eigenvalue weighted by Gasteiger charge is -2.23. The molecular weight excluding hydrogens is 360 g/mol. The number of imidazole rings is 1. The number of nitrogens with zero attached hydrogens (tertiary/aromatic N) is 3. The highest BCUT2D eigenvalue weighted by Gasteiger charge is 2.26. The van der Waals surface area contributed by atoms with E-state index in [9.17, 15) is 4.79 Å². The van der Waals surface area contributed by atoms with E-state index < -0.39 is 0 Å². The summed E-state index contributed by atoms with van der Waals surface area (Å²) >= 11 is 0. The molecule has 0 aliphatic carbocycles. The van der Waals surface area contributed by atoms with Crippen LogP contribution in [0.4, 0.5) is 0 Å². The minimum Gasteiger partial charge on any atom is -0.355 e. The molecule has 5 nitrogen and oxygen atoms in total. The van der Waals surface area contributed by atoms with Crippen LogP contribution in [0.25, 0.3) is 11.1 Å². The van der Waals surface area contributed by atoms with Crippen LogP contribution >= 0.6 is 0 Å². The summed E-state index contributed by atoms with van der Waals surface area (Å²) in [7, 11) is 0. The van der Waals surface area contributed by atoms with E-state index in [2.05, 4.69) is 75.2 Å². The van der Waals surface area contributed by atoms with Crippen molar-refractivity contribution in [2.75, 3.05) is 19.6 Å². The van der Waals surface area contributed by atoms with Gasteiger partial charge >= 0.3 is 0 Å². The zero-order valence-electron chi connectivity index (χ0n) is 16.9. The molecule has 2 heterocycles. The first kappa shape index (κ1) is 19.4. The lowest BCUT2D eigenvalue weighted by atomic mass is 9.96. The molecule has 1 unspecified atom stereocenters. The highest BCUT2D eigenvalue weighted by molar-refractivity contribution is 5.79. The normalized spacial score (nSPS) is 17.7. The molecule has 1 fully saturated rings. The third-order valence-electron chi connectivity index (χ3n) is 5.63. The lowest BCUT2D eigenvalue weighted by Crippen LogP contribution is -2.34. The number of benzene rings is 2. The summed E-state index contributed by atoms with van der Waals surface area (Å²) < 4.78 is 2.16. The molecule has 4 rings (SSSR count). The fourth-order valence-corrected chi connectivity index (χ4v) is 4.00. The molecule has 1 saturated heterocycles. The van der Waals surface area contributed by atoms with Gasteiger partial charge in [0.2, 0.25) is 5.91 Å². The Morgan fingerprint density at radius 2 is 1.83 bits per heavy atom. The van der Waals surface area contributed by atoms with Crippen LogP contribution < -0.4 is 5.32 Å². The Balaban J connectivity index is 1.44. The quantitative estimate of drug-likeness (QED) is 0.704. The molecule has 2 aromatic carbocycles. The van der Waals surface area contributed by atoms with E-state index in [-0.39, 0.29) is 11.8 Å². The number of carbonyl (C=O) groups is 1. The van der Waals surface area contributed by atoms with Crippen LogP contribution in [-0.2, 0) is 24.3 Å². The molecule has 1 aromatic heterocycles. The molecule has 0 saturated carbocycles. The van der Waals surface area contributed by atoms with Gasteiger partial charge in [-0.1, -0.05) is 54.6 Å². The Bertz CT molecular complexity index is 933. The van der Waals surface area contributed by atoms with Crippen LogP contribution in [0.15, 0.2) is 67.0 Å². The Hall–Kier alpha value is -2.92. The molecule has 1 aliphatic heterocycles. The van der Waals surface area contributed by atoms with E-state index >= 15 is 0 Å². The van der Waals surface area contributed by atoms with Gasteiger partial charge in [0.05, 0.1) is 12.5 Å². The largest absolute Gasteiger partial charge is 0.355 e. The Morgan fingerprint density at radius 3 is 2.59 bits per heavy atom. The molecule has 1 atom stereocenters.